The molecule has 0 radical (unpaired) electrons. The van der Waals surface area contributed by atoms with Gasteiger partial charge in [-0.25, -0.2) is 13.4 Å². The lowest BCUT2D eigenvalue weighted by Crippen LogP contribution is -2.50. The van der Waals surface area contributed by atoms with Crippen LogP contribution in [-0.2, 0) is 21.0 Å². The molecule has 1 aliphatic heterocycles. The molecule has 2 heterocycles. The first kappa shape index (κ1) is 19.7. The summed E-state index contributed by atoms with van der Waals surface area (Å²) in [4.78, 5) is 30.2. The summed E-state index contributed by atoms with van der Waals surface area (Å²) in [5, 5.41) is -0.303. The molecule has 0 aliphatic carbocycles. The van der Waals surface area contributed by atoms with E-state index in [1.165, 1.54) is 9.21 Å². The maximum absolute atomic E-state index is 12.6. The van der Waals surface area contributed by atoms with Crippen LogP contribution in [0.15, 0.2) is 16.0 Å². The summed E-state index contributed by atoms with van der Waals surface area (Å²) in [5.41, 5.74) is -2.29. The maximum Gasteiger partial charge on any atom is 0.433 e. The molecule has 0 saturated carbocycles. The highest BCUT2D eigenvalue weighted by Crippen LogP contribution is 2.27. The molecule has 140 valence electrons. The van der Waals surface area contributed by atoms with Gasteiger partial charge in [0.25, 0.3) is 5.56 Å². The van der Waals surface area contributed by atoms with E-state index in [9.17, 15) is 31.2 Å². The number of nitrogens with zero attached hydrogens (tertiary/aromatic N) is 3. The summed E-state index contributed by atoms with van der Waals surface area (Å²) in [6.07, 6.45) is -3.68. The summed E-state index contributed by atoms with van der Waals surface area (Å²) >= 11 is 0.683. The van der Waals surface area contributed by atoms with Crippen LogP contribution in [0.25, 0.3) is 0 Å². The molecule has 8 nitrogen and oxygen atoms in total. The lowest BCUT2D eigenvalue weighted by atomic mass is 10.3. The first-order valence-corrected chi connectivity index (χ1v) is 9.84. The molecular formula is C12H15F3N4O4S2. The number of alkyl halides is 3. The lowest BCUT2D eigenvalue weighted by Gasteiger charge is -2.33. The molecule has 25 heavy (non-hydrogen) atoms. The average molecular weight is 400 g/mol. The number of aromatic nitrogens is 2. The molecule has 1 fully saturated rings. The van der Waals surface area contributed by atoms with Gasteiger partial charge in [0.05, 0.1) is 12.0 Å². The predicted octanol–water partition coefficient (Wildman–Crippen LogP) is -0.0154. The standard InChI is InChI=1S/C12H15F3N4O4S2/c1-25(22,23)19-4-2-18(3-5-19)10(21)7-24-11-16-8(12(13,14)15)6-9(20)17-11/h6H,2-5,7H2,1H3,(H,16,17,20). The van der Waals surface area contributed by atoms with Gasteiger partial charge in [0.1, 0.15) is 0 Å². The number of aromatic amines is 1. The highest BCUT2D eigenvalue weighted by Gasteiger charge is 2.33. The molecule has 1 aliphatic rings. The molecule has 1 N–H and O–H groups in total. The van der Waals surface area contributed by atoms with Crippen LogP contribution in [0.1, 0.15) is 5.69 Å². The van der Waals surface area contributed by atoms with Gasteiger partial charge in [0.2, 0.25) is 15.9 Å². The van der Waals surface area contributed by atoms with Crippen molar-refractivity contribution in [2.45, 2.75) is 11.3 Å². The second kappa shape index (κ2) is 7.33. The molecule has 0 unspecified atom stereocenters. The summed E-state index contributed by atoms with van der Waals surface area (Å²) in [7, 11) is -3.32. The number of H-pyrrole nitrogens is 1. The monoisotopic (exact) mass is 400 g/mol. The number of nitrogens with one attached hydrogen (secondary N) is 1. The largest absolute Gasteiger partial charge is 0.433 e. The van der Waals surface area contributed by atoms with Crippen LogP contribution in [0.3, 0.4) is 0 Å². The van der Waals surface area contributed by atoms with Crippen molar-refractivity contribution in [3.8, 4) is 0 Å². The molecule has 1 saturated heterocycles. The van der Waals surface area contributed by atoms with Crippen LogP contribution in [0.5, 0.6) is 0 Å². The third kappa shape index (κ3) is 5.44. The number of rotatable bonds is 4. The van der Waals surface area contributed by atoms with Crippen molar-refractivity contribution in [3.05, 3.63) is 22.1 Å². The van der Waals surface area contributed by atoms with Crippen molar-refractivity contribution >= 4 is 27.7 Å². The van der Waals surface area contributed by atoms with Crippen molar-refractivity contribution < 1.29 is 26.4 Å². The molecule has 0 bridgehead atoms. The minimum absolute atomic E-state index is 0.161. The van der Waals surface area contributed by atoms with Gasteiger partial charge in [-0.05, 0) is 0 Å². The van der Waals surface area contributed by atoms with Crippen molar-refractivity contribution in [3.63, 3.8) is 0 Å². The zero-order valence-corrected chi connectivity index (χ0v) is 14.7. The second-order valence-electron chi connectivity index (χ2n) is 5.27. The zero-order chi connectivity index (χ0) is 18.8. The smallest absolute Gasteiger partial charge is 0.339 e. The van der Waals surface area contributed by atoms with Crippen LogP contribution in [0.4, 0.5) is 13.2 Å². The molecule has 1 aromatic heterocycles. The Morgan fingerprint density at radius 1 is 1.32 bits per heavy atom. The third-order valence-corrected chi connectivity index (χ3v) is 5.56. The van der Waals surface area contributed by atoms with E-state index in [4.69, 9.17) is 0 Å². The third-order valence-electron chi connectivity index (χ3n) is 3.40. The van der Waals surface area contributed by atoms with Crippen LogP contribution in [0.2, 0.25) is 0 Å². The number of sulfonamides is 1. The van der Waals surface area contributed by atoms with Gasteiger partial charge < -0.3 is 9.88 Å². The van der Waals surface area contributed by atoms with E-state index in [0.29, 0.717) is 17.8 Å². The Morgan fingerprint density at radius 3 is 2.44 bits per heavy atom. The second-order valence-corrected chi connectivity index (χ2v) is 8.21. The van der Waals surface area contributed by atoms with Crippen molar-refractivity contribution in [1.82, 2.24) is 19.2 Å². The highest BCUT2D eigenvalue weighted by atomic mass is 32.2. The van der Waals surface area contributed by atoms with E-state index in [1.54, 1.807) is 0 Å². The molecular weight excluding hydrogens is 385 g/mol. The average Bonchev–Trinajstić information content (AvgIpc) is 2.50. The number of hydrogen-bond acceptors (Lipinski definition) is 6. The topological polar surface area (TPSA) is 103 Å². The Morgan fingerprint density at radius 2 is 1.92 bits per heavy atom. The fraction of sp³-hybridized carbons (Fsp3) is 0.583. The van der Waals surface area contributed by atoms with Crippen LogP contribution >= 0.6 is 11.8 Å². The molecule has 0 atom stereocenters. The number of thioether (sulfide) groups is 1. The normalized spacial score (nSPS) is 16.9. The van der Waals surface area contributed by atoms with E-state index >= 15 is 0 Å². The molecule has 1 aromatic rings. The van der Waals surface area contributed by atoms with Gasteiger partial charge >= 0.3 is 6.18 Å². The zero-order valence-electron chi connectivity index (χ0n) is 13.0. The van der Waals surface area contributed by atoms with Gasteiger partial charge in [-0.3, -0.25) is 9.59 Å². The Kier molecular flexibility index (Phi) is 5.79. The van der Waals surface area contributed by atoms with Crippen molar-refractivity contribution in [1.29, 1.82) is 0 Å². The molecule has 13 heteroatoms. The number of hydrogen-bond donors (Lipinski definition) is 1. The SMILES string of the molecule is CS(=O)(=O)N1CCN(C(=O)CSc2nc(C(F)(F)F)cc(=O)[nH]2)CC1. The van der Waals surface area contributed by atoms with Crippen LogP contribution < -0.4 is 5.56 Å². The summed E-state index contributed by atoms with van der Waals surface area (Å²) in [6.45, 7) is 0.708. The van der Waals surface area contributed by atoms with Gasteiger partial charge in [-0.15, -0.1) is 0 Å². The Balaban J connectivity index is 1.95. The van der Waals surface area contributed by atoms with Crippen molar-refractivity contribution in [2.24, 2.45) is 0 Å². The highest BCUT2D eigenvalue weighted by molar-refractivity contribution is 7.99. The van der Waals surface area contributed by atoms with Gasteiger partial charge in [0, 0.05) is 32.2 Å². The first-order chi connectivity index (χ1) is 11.5. The molecule has 0 aromatic carbocycles. The van der Waals surface area contributed by atoms with E-state index in [0.717, 1.165) is 6.26 Å². The van der Waals surface area contributed by atoms with Gasteiger partial charge in [-0.1, -0.05) is 11.8 Å². The van der Waals surface area contributed by atoms with E-state index in [-0.39, 0.29) is 43.0 Å². The lowest BCUT2D eigenvalue weighted by molar-refractivity contribution is -0.141. The van der Waals surface area contributed by atoms with Gasteiger partial charge in [0.15, 0.2) is 10.9 Å². The number of piperazine rings is 1. The van der Waals surface area contributed by atoms with Crippen molar-refractivity contribution in [2.75, 3.05) is 38.2 Å². The molecule has 0 spiro atoms. The maximum atomic E-state index is 12.6. The van der Waals surface area contributed by atoms with E-state index in [2.05, 4.69) is 9.97 Å². The quantitative estimate of drug-likeness (QED) is 0.563. The van der Waals surface area contributed by atoms with Crippen LogP contribution in [0, 0.1) is 0 Å². The number of carbonyl (C=O) groups excluding carboxylic acids is 1. The molecule has 2 rings (SSSR count). The Hall–Kier alpha value is -1.60. The Labute approximate surface area is 145 Å². The summed E-state index contributed by atoms with van der Waals surface area (Å²) in [6, 6.07) is 0.344. The van der Waals surface area contributed by atoms with Gasteiger partial charge in [-0.2, -0.15) is 17.5 Å². The number of amides is 1. The summed E-state index contributed by atoms with van der Waals surface area (Å²) < 4.78 is 61.9. The Bertz CT molecular complexity index is 801. The summed E-state index contributed by atoms with van der Waals surface area (Å²) in [5.74, 6) is -0.596. The van der Waals surface area contributed by atoms with E-state index < -0.39 is 27.5 Å². The number of halogens is 3. The van der Waals surface area contributed by atoms with E-state index in [1.807, 2.05) is 0 Å². The molecule has 1 amide bonds. The number of carbonyl (C=O) groups is 1. The minimum atomic E-state index is -4.75. The fourth-order valence-corrected chi connectivity index (χ4v) is 3.74. The fourth-order valence-electron chi connectivity index (χ4n) is 2.14. The first-order valence-electron chi connectivity index (χ1n) is 7.01. The van der Waals surface area contributed by atoms with Crippen LogP contribution in [-0.4, -0.2) is 71.7 Å². The predicted molar refractivity (Wildman–Crippen MR) is 83.6 cm³/mol. The minimum Gasteiger partial charge on any atom is -0.339 e.